The van der Waals surface area contributed by atoms with Crippen molar-refractivity contribution in [2.45, 2.75) is 12.8 Å². The van der Waals surface area contributed by atoms with Crippen LogP contribution in [-0.4, -0.2) is 24.6 Å². The highest BCUT2D eigenvalue weighted by Gasteiger charge is 2.20. The highest BCUT2D eigenvalue weighted by atomic mass is 79.9. The van der Waals surface area contributed by atoms with Crippen LogP contribution < -0.4 is 4.74 Å². The third-order valence-corrected chi connectivity index (χ3v) is 2.77. The molecule has 0 N–H and O–H groups in total. The Labute approximate surface area is 116 Å². The summed E-state index contributed by atoms with van der Waals surface area (Å²) < 4.78 is 22.9. The first-order valence-electron chi connectivity index (χ1n) is 5.28. The Kier molecular flexibility index (Phi) is 5.68. The number of rotatable bonds is 6. The van der Waals surface area contributed by atoms with Crippen molar-refractivity contribution >= 4 is 27.6 Å². The number of nitrogens with zero attached hydrogens (tertiary/aromatic N) is 1. The summed E-state index contributed by atoms with van der Waals surface area (Å²) >= 11 is 3.00. The van der Waals surface area contributed by atoms with Crippen molar-refractivity contribution in [2.24, 2.45) is 0 Å². The third kappa shape index (κ3) is 4.47. The van der Waals surface area contributed by atoms with E-state index in [-0.39, 0.29) is 23.2 Å². The number of hydrogen-bond acceptors (Lipinski definition) is 5. The van der Waals surface area contributed by atoms with Gasteiger partial charge < -0.3 is 9.47 Å². The van der Waals surface area contributed by atoms with Gasteiger partial charge in [0.05, 0.1) is 29.2 Å². The van der Waals surface area contributed by atoms with Crippen molar-refractivity contribution in [1.29, 1.82) is 0 Å². The first-order valence-corrected chi connectivity index (χ1v) is 6.08. The average Bonchev–Trinajstić information content (AvgIpc) is 2.35. The van der Waals surface area contributed by atoms with Crippen molar-refractivity contribution in [3.8, 4) is 5.75 Å². The minimum Gasteiger partial charge on any atom is -0.486 e. The molecule has 0 saturated heterocycles. The number of esters is 1. The molecule has 1 aromatic carbocycles. The SMILES string of the molecule is COC(=O)CCCOc1c(Br)cc(F)cc1[N+](=O)[O-]. The number of hydrogen-bond donors (Lipinski definition) is 0. The van der Waals surface area contributed by atoms with Crippen LogP contribution in [0, 0.1) is 15.9 Å². The van der Waals surface area contributed by atoms with Gasteiger partial charge in [0.15, 0.2) is 0 Å². The summed E-state index contributed by atoms with van der Waals surface area (Å²) in [4.78, 5) is 20.9. The molecule has 0 radical (unpaired) electrons. The number of nitro groups is 1. The Bertz CT molecular complexity index is 494. The number of benzene rings is 1. The van der Waals surface area contributed by atoms with Gasteiger partial charge in [0.25, 0.3) is 0 Å². The van der Waals surface area contributed by atoms with Crippen LogP contribution in [0.25, 0.3) is 0 Å². The van der Waals surface area contributed by atoms with Crippen molar-refractivity contribution in [2.75, 3.05) is 13.7 Å². The summed E-state index contributed by atoms with van der Waals surface area (Å²) in [7, 11) is 1.27. The van der Waals surface area contributed by atoms with Gasteiger partial charge in [0.1, 0.15) is 5.82 Å². The third-order valence-electron chi connectivity index (χ3n) is 2.18. The molecule has 0 bridgehead atoms. The summed E-state index contributed by atoms with van der Waals surface area (Å²) in [6.07, 6.45) is 0.483. The molecular formula is C11H11BrFNO5. The second kappa shape index (κ2) is 7.03. The molecule has 1 rings (SSSR count). The molecule has 0 aliphatic carbocycles. The maximum absolute atomic E-state index is 13.1. The van der Waals surface area contributed by atoms with Crippen molar-refractivity contribution in [1.82, 2.24) is 0 Å². The van der Waals surface area contributed by atoms with Gasteiger partial charge in [-0.3, -0.25) is 14.9 Å². The quantitative estimate of drug-likeness (QED) is 0.345. The Hall–Kier alpha value is -1.70. The lowest BCUT2D eigenvalue weighted by molar-refractivity contribution is -0.386. The van der Waals surface area contributed by atoms with Crippen molar-refractivity contribution < 1.29 is 23.6 Å². The largest absolute Gasteiger partial charge is 0.486 e. The van der Waals surface area contributed by atoms with E-state index in [9.17, 15) is 19.3 Å². The predicted molar refractivity (Wildman–Crippen MR) is 67.5 cm³/mol. The number of halogens is 2. The monoisotopic (exact) mass is 335 g/mol. The highest BCUT2D eigenvalue weighted by Crippen LogP contribution is 2.36. The summed E-state index contributed by atoms with van der Waals surface area (Å²) in [6.45, 7) is 0.0835. The second-order valence-corrected chi connectivity index (χ2v) is 4.38. The van der Waals surface area contributed by atoms with E-state index in [2.05, 4.69) is 20.7 Å². The fourth-order valence-corrected chi connectivity index (χ4v) is 1.85. The molecule has 0 spiro atoms. The fourth-order valence-electron chi connectivity index (χ4n) is 1.32. The van der Waals surface area contributed by atoms with E-state index in [0.717, 1.165) is 12.1 Å². The maximum atomic E-state index is 13.1. The van der Waals surface area contributed by atoms with Gasteiger partial charge in [-0.1, -0.05) is 0 Å². The molecule has 0 saturated carbocycles. The summed E-state index contributed by atoms with van der Waals surface area (Å²) in [5.74, 6) is -1.19. The van der Waals surface area contributed by atoms with E-state index in [1.807, 2.05) is 0 Å². The van der Waals surface area contributed by atoms with Crippen LogP contribution in [0.2, 0.25) is 0 Å². The van der Waals surface area contributed by atoms with E-state index in [4.69, 9.17) is 4.74 Å². The zero-order valence-corrected chi connectivity index (χ0v) is 11.6. The first kappa shape index (κ1) is 15.4. The van der Waals surface area contributed by atoms with Gasteiger partial charge in [0.2, 0.25) is 5.75 Å². The second-order valence-electron chi connectivity index (χ2n) is 3.52. The normalized spacial score (nSPS) is 10.1. The Morgan fingerprint density at radius 1 is 1.53 bits per heavy atom. The van der Waals surface area contributed by atoms with Crippen LogP contribution in [0.3, 0.4) is 0 Å². The Morgan fingerprint density at radius 3 is 2.79 bits per heavy atom. The van der Waals surface area contributed by atoms with E-state index >= 15 is 0 Å². The molecule has 0 fully saturated rings. The minimum atomic E-state index is -0.736. The average molecular weight is 336 g/mol. The predicted octanol–water partition coefficient (Wildman–Crippen LogP) is 2.83. The number of methoxy groups -OCH3 is 1. The Morgan fingerprint density at radius 2 is 2.21 bits per heavy atom. The summed E-state index contributed by atoms with van der Waals surface area (Å²) in [5, 5.41) is 10.8. The van der Waals surface area contributed by atoms with Gasteiger partial charge in [-0.15, -0.1) is 0 Å². The summed E-state index contributed by atoms with van der Waals surface area (Å²) in [5.41, 5.74) is -0.468. The van der Waals surface area contributed by atoms with E-state index in [0.29, 0.717) is 6.42 Å². The molecule has 104 valence electrons. The lowest BCUT2D eigenvalue weighted by Crippen LogP contribution is -2.06. The molecular weight excluding hydrogens is 325 g/mol. The molecule has 0 unspecified atom stereocenters. The van der Waals surface area contributed by atoms with Crippen molar-refractivity contribution in [3.63, 3.8) is 0 Å². The van der Waals surface area contributed by atoms with E-state index < -0.39 is 22.4 Å². The molecule has 0 aliphatic heterocycles. The van der Waals surface area contributed by atoms with Crippen LogP contribution in [0.5, 0.6) is 5.75 Å². The molecule has 1 aromatic rings. The molecule has 6 nitrogen and oxygen atoms in total. The molecule has 0 heterocycles. The molecule has 0 aromatic heterocycles. The number of ether oxygens (including phenoxy) is 2. The number of carbonyl (C=O) groups excluding carboxylic acids is 1. The van der Waals surface area contributed by atoms with Crippen LogP contribution in [-0.2, 0) is 9.53 Å². The maximum Gasteiger partial charge on any atom is 0.315 e. The zero-order valence-electron chi connectivity index (χ0n) is 10.0. The Balaban J connectivity index is 2.72. The standard InChI is InChI=1S/C11H11BrFNO5/c1-18-10(15)3-2-4-19-11-8(12)5-7(13)6-9(11)14(16)17/h5-6H,2-4H2,1H3. The van der Waals surface area contributed by atoms with Gasteiger partial charge in [-0.25, -0.2) is 4.39 Å². The van der Waals surface area contributed by atoms with E-state index in [1.165, 1.54) is 7.11 Å². The van der Waals surface area contributed by atoms with Crippen LogP contribution in [0.1, 0.15) is 12.8 Å². The molecule has 0 amide bonds. The van der Waals surface area contributed by atoms with Gasteiger partial charge in [0, 0.05) is 6.42 Å². The molecule has 0 atom stereocenters. The van der Waals surface area contributed by atoms with Gasteiger partial charge >= 0.3 is 11.7 Å². The molecule has 8 heteroatoms. The zero-order chi connectivity index (χ0) is 14.4. The lowest BCUT2D eigenvalue weighted by Gasteiger charge is -2.08. The lowest BCUT2D eigenvalue weighted by atomic mass is 10.3. The minimum absolute atomic E-state index is 0.0590. The van der Waals surface area contributed by atoms with E-state index in [1.54, 1.807) is 0 Å². The molecule has 19 heavy (non-hydrogen) atoms. The summed E-state index contributed by atoms with van der Waals surface area (Å²) in [6, 6.07) is 1.85. The van der Waals surface area contributed by atoms with Crippen LogP contribution in [0.15, 0.2) is 16.6 Å². The highest BCUT2D eigenvalue weighted by molar-refractivity contribution is 9.10. The molecule has 0 aliphatic rings. The van der Waals surface area contributed by atoms with Gasteiger partial charge in [-0.05, 0) is 28.4 Å². The van der Waals surface area contributed by atoms with Crippen LogP contribution in [0.4, 0.5) is 10.1 Å². The van der Waals surface area contributed by atoms with Gasteiger partial charge in [-0.2, -0.15) is 0 Å². The van der Waals surface area contributed by atoms with Crippen LogP contribution >= 0.6 is 15.9 Å². The smallest absolute Gasteiger partial charge is 0.315 e. The fraction of sp³-hybridized carbons (Fsp3) is 0.364. The number of nitro benzene ring substituents is 1. The topological polar surface area (TPSA) is 78.7 Å². The van der Waals surface area contributed by atoms with Crippen molar-refractivity contribution in [3.05, 3.63) is 32.5 Å². The first-order chi connectivity index (χ1) is 8.95. The number of carbonyl (C=O) groups is 1.